The van der Waals surface area contributed by atoms with Crippen LogP contribution in [0.3, 0.4) is 0 Å². The molecule has 2 nitrogen and oxygen atoms in total. The Bertz CT molecular complexity index is 878. The second kappa shape index (κ2) is 5.52. The molecule has 0 aliphatic heterocycles. The van der Waals surface area contributed by atoms with E-state index in [-0.39, 0.29) is 0 Å². The Labute approximate surface area is 172 Å². The van der Waals surface area contributed by atoms with Crippen molar-refractivity contribution in [2.45, 2.75) is 64.3 Å². The number of ether oxygens (including phenoxy) is 1. The van der Waals surface area contributed by atoms with Gasteiger partial charge >= 0.3 is 70.3 Å². The summed E-state index contributed by atoms with van der Waals surface area (Å²) in [7, 11) is 0. The van der Waals surface area contributed by atoms with Crippen LogP contribution in [-0.4, -0.2) is 70.3 Å². The summed E-state index contributed by atoms with van der Waals surface area (Å²) < 4.78 is 256. The van der Waals surface area contributed by atoms with Gasteiger partial charge in [0, 0.05) is 0 Å². The molecular weight excluding hydrogens is 542 g/mol. The second-order valence-corrected chi connectivity index (χ2v) is 7.47. The van der Waals surface area contributed by atoms with E-state index < -0.39 is 75.9 Å². The van der Waals surface area contributed by atoms with Crippen molar-refractivity contribution in [2.24, 2.45) is 0 Å². The highest BCUT2D eigenvalue weighted by Crippen LogP contribution is 2.88. The topological polar surface area (TPSA) is 26.3 Å². The van der Waals surface area contributed by atoms with Gasteiger partial charge in [0.05, 0.1) is 0 Å². The van der Waals surface area contributed by atoms with Gasteiger partial charge in [-0.2, -0.15) is 65.9 Å². The third-order valence-corrected chi connectivity index (χ3v) is 6.05. The molecule has 0 N–H and O–H groups in total. The zero-order chi connectivity index (χ0) is 27.4. The Balaban J connectivity index is 2.59. The number of hydrogen-bond donors (Lipinski definition) is 0. The standard InChI is InChI=1S/C14H2F18O2/c1-2(4(15,16)17)3(33)34-8-12(27,28)5(18)9(21,22)6(19,13(8,29)30)11(25,26)7(20,10(5,23)24)14(8,31)32/h1H2. The van der Waals surface area contributed by atoms with Crippen LogP contribution in [0.15, 0.2) is 12.2 Å². The van der Waals surface area contributed by atoms with Crippen molar-refractivity contribution in [3.8, 4) is 0 Å². The monoisotopic (exact) mass is 544 g/mol. The Hall–Kier alpha value is -2.05. The Morgan fingerprint density at radius 2 is 0.765 bits per heavy atom. The summed E-state index contributed by atoms with van der Waals surface area (Å²) >= 11 is 0. The average Bonchev–Trinajstić information content (AvgIpc) is 2.63. The molecule has 4 saturated carbocycles. The maximum Gasteiger partial charge on any atom is 0.422 e. The smallest absolute Gasteiger partial charge is 0.422 e. The summed E-state index contributed by atoms with van der Waals surface area (Å²) in [5.74, 6) is -52.9. The lowest BCUT2D eigenvalue weighted by molar-refractivity contribution is -0.614. The minimum Gasteiger partial charge on any atom is -0.435 e. The molecule has 0 aromatic carbocycles. The SMILES string of the molecule is C=C(C(=O)OC12C(F)(F)C3(F)C(F)(F)C(F)(C(F)(F)C(F)(C3(F)F)C1(F)F)C2(F)F)C(F)(F)F. The molecule has 0 saturated heterocycles. The van der Waals surface area contributed by atoms with E-state index in [1.165, 1.54) is 0 Å². The molecule has 0 heterocycles. The van der Waals surface area contributed by atoms with E-state index in [0.29, 0.717) is 0 Å². The van der Waals surface area contributed by atoms with Crippen LogP contribution in [0.5, 0.6) is 0 Å². The van der Waals surface area contributed by atoms with E-state index in [4.69, 9.17) is 0 Å². The number of alkyl halides is 18. The van der Waals surface area contributed by atoms with E-state index in [0.717, 1.165) is 0 Å². The largest absolute Gasteiger partial charge is 0.435 e. The highest BCUT2D eigenvalue weighted by molar-refractivity contribution is 5.90. The summed E-state index contributed by atoms with van der Waals surface area (Å²) in [5.41, 5.74) is -35.4. The van der Waals surface area contributed by atoms with Crippen molar-refractivity contribution in [1.82, 2.24) is 0 Å². The van der Waals surface area contributed by atoms with Crippen LogP contribution in [0.2, 0.25) is 0 Å². The third-order valence-electron chi connectivity index (χ3n) is 6.05. The Morgan fingerprint density at radius 1 is 0.529 bits per heavy atom. The quantitative estimate of drug-likeness (QED) is 0.266. The van der Waals surface area contributed by atoms with Gasteiger partial charge in [0.25, 0.3) is 0 Å². The first kappa shape index (κ1) is 26.6. The molecular formula is C14H2F18O2. The zero-order valence-corrected chi connectivity index (χ0v) is 14.8. The fraction of sp³-hybridized carbons (Fsp3) is 0.786. The van der Waals surface area contributed by atoms with Gasteiger partial charge in [-0.1, -0.05) is 6.58 Å². The van der Waals surface area contributed by atoms with E-state index >= 15 is 0 Å². The first-order valence-corrected chi connectivity index (χ1v) is 7.87. The van der Waals surface area contributed by atoms with E-state index in [1.54, 1.807) is 6.58 Å². The number of halogens is 18. The number of rotatable bonds is 2. The van der Waals surface area contributed by atoms with Gasteiger partial charge in [0.15, 0.2) is 0 Å². The zero-order valence-electron chi connectivity index (χ0n) is 14.8. The maximum absolute atomic E-state index is 14.7. The maximum atomic E-state index is 14.7. The minimum absolute atomic E-state index is 1.65. The molecule has 4 aliphatic carbocycles. The summed E-state index contributed by atoms with van der Waals surface area (Å²) in [6.07, 6.45) is -6.30. The molecule has 0 aromatic rings. The number of hydrogen-bond acceptors (Lipinski definition) is 2. The first-order valence-electron chi connectivity index (χ1n) is 7.87. The molecule has 20 heteroatoms. The molecule has 34 heavy (non-hydrogen) atoms. The summed E-state index contributed by atoms with van der Waals surface area (Å²) in [5, 5.41) is 0. The second-order valence-electron chi connectivity index (χ2n) is 7.47. The number of carbonyl (C=O) groups is 1. The number of carbonyl (C=O) groups excluding carboxylic acids is 1. The minimum atomic E-state index is -8.15. The highest BCUT2D eigenvalue weighted by atomic mass is 19.4. The van der Waals surface area contributed by atoms with Gasteiger partial charge < -0.3 is 4.74 Å². The van der Waals surface area contributed by atoms with Crippen molar-refractivity contribution in [1.29, 1.82) is 0 Å². The van der Waals surface area contributed by atoms with Crippen molar-refractivity contribution >= 4 is 5.97 Å². The van der Waals surface area contributed by atoms with Crippen molar-refractivity contribution in [3.63, 3.8) is 0 Å². The molecule has 4 bridgehead atoms. The van der Waals surface area contributed by atoms with E-state index in [1.807, 2.05) is 0 Å². The van der Waals surface area contributed by atoms with Gasteiger partial charge in [-0.25, -0.2) is 18.0 Å². The predicted molar refractivity (Wildman–Crippen MR) is 65.2 cm³/mol. The molecule has 0 amide bonds. The molecule has 0 unspecified atom stereocenters. The molecule has 196 valence electrons. The molecule has 4 fully saturated rings. The average molecular weight is 544 g/mol. The normalized spacial score (nSPS) is 43.9. The van der Waals surface area contributed by atoms with Crippen LogP contribution in [0, 0.1) is 0 Å². The van der Waals surface area contributed by atoms with Gasteiger partial charge in [-0.3, -0.25) is 0 Å². The molecule has 4 rings (SSSR count). The summed E-state index contributed by atoms with van der Waals surface area (Å²) in [6, 6.07) is 0. The van der Waals surface area contributed by atoms with Crippen molar-refractivity contribution < 1.29 is 88.6 Å². The molecule has 4 aliphatic rings. The predicted octanol–water partition coefficient (Wildman–Crippen LogP) is 5.36. The first-order chi connectivity index (χ1) is 14.5. The molecule has 0 spiro atoms. The van der Waals surface area contributed by atoms with E-state index in [2.05, 4.69) is 4.74 Å². The fourth-order valence-electron chi connectivity index (χ4n) is 4.31. The third kappa shape index (κ3) is 1.72. The summed E-state index contributed by atoms with van der Waals surface area (Å²) in [4.78, 5) is 11.4. The van der Waals surface area contributed by atoms with Gasteiger partial charge in [-0.05, 0) is 0 Å². The van der Waals surface area contributed by atoms with Gasteiger partial charge in [0.1, 0.15) is 5.57 Å². The molecule has 0 radical (unpaired) electrons. The van der Waals surface area contributed by atoms with Crippen molar-refractivity contribution in [2.75, 3.05) is 0 Å². The molecule has 0 atom stereocenters. The van der Waals surface area contributed by atoms with Crippen LogP contribution in [0.4, 0.5) is 79.0 Å². The van der Waals surface area contributed by atoms with Crippen LogP contribution < -0.4 is 0 Å². The lowest BCUT2D eigenvalue weighted by Gasteiger charge is -2.74. The van der Waals surface area contributed by atoms with Crippen molar-refractivity contribution in [3.05, 3.63) is 12.2 Å². The molecule has 0 aromatic heterocycles. The Kier molecular flexibility index (Phi) is 4.31. The Morgan fingerprint density at radius 3 is 0.971 bits per heavy atom. The van der Waals surface area contributed by atoms with Crippen LogP contribution in [0.25, 0.3) is 0 Å². The van der Waals surface area contributed by atoms with Gasteiger partial charge in [0.2, 0.25) is 0 Å². The highest BCUT2D eigenvalue weighted by Gasteiger charge is 3.24. The number of esters is 1. The lowest BCUT2D eigenvalue weighted by atomic mass is 9.40. The van der Waals surface area contributed by atoms with Crippen LogP contribution in [0.1, 0.15) is 0 Å². The van der Waals surface area contributed by atoms with Gasteiger partial charge in [-0.15, -0.1) is 0 Å². The lowest BCUT2D eigenvalue weighted by Crippen LogP contribution is -3.10. The van der Waals surface area contributed by atoms with E-state index in [9.17, 15) is 83.8 Å². The summed E-state index contributed by atoms with van der Waals surface area (Å²) in [6.45, 7) is 1.65. The van der Waals surface area contributed by atoms with Crippen LogP contribution in [-0.2, 0) is 9.53 Å². The fourth-order valence-corrected chi connectivity index (χ4v) is 4.31. The van der Waals surface area contributed by atoms with Crippen LogP contribution >= 0.6 is 0 Å².